The number of anilines is 1. The molecule has 0 amide bonds. The molecule has 1 saturated heterocycles. The number of carbonyl (C=O) groups is 2. The van der Waals surface area contributed by atoms with Crippen molar-refractivity contribution < 1.29 is 24.2 Å². The van der Waals surface area contributed by atoms with Crippen LogP contribution >= 0.6 is 11.8 Å². The van der Waals surface area contributed by atoms with Gasteiger partial charge in [-0.25, -0.2) is 4.98 Å². The summed E-state index contributed by atoms with van der Waals surface area (Å²) in [5.74, 6) is -2.36. The van der Waals surface area contributed by atoms with E-state index < -0.39 is 23.6 Å². The number of aliphatic carboxylic acids is 2. The molecule has 1 atom stereocenters. The third kappa shape index (κ3) is 3.64. The van der Waals surface area contributed by atoms with E-state index in [1.54, 1.807) is 6.07 Å². The van der Waals surface area contributed by atoms with Gasteiger partial charge in [-0.05, 0) is 31.4 Å². The summed E-state index contributed by atoms with van der Waals surface area (Å²) in [6.07, 6.45) is 3.00. The summed E-state index contributed by atoms with van der Waals surface area (Å²) < 4.78 is 5.63. The van der Waals surface area contributed by atoms with Gasteiger partial charge < -0.3 is 19.5 Å². The van der Waals surface area contributed by atoms with Gasteiger partial charge in [0.05, 0.1) is 12.1 Å². The van der Waals surface area contributed by atoms with E-state index in [4.69, 9.17) is 14.6 Å². The minimum absolute atomic E-state index is 0.183. The van der Waals surface area contributed by atoms with Gasteiger partial charge in [0.1, 0.15) is 10.8 Å². The molecule has 1 aliphatic heterocycles. The molecular weight excluding hydrogens is 332 g/mol. The van der Waals surface area contributed by atoms with Gasteiger partial charge in [0.25, 0.3) is 5.22 Å². The maximum absolute atomic E-state index is 11.2. The lowest BCUT2D eigenvalue weighted by Gasteiger charge is -2.28. The molecule has 128 valence electrons. The predicted octanol–water partition coefficient (Wildman–Crippen LogP) is 2.84. The summed E-state index contributed by atoms with van der Waals surface area (Å²) in [7, 11) is 0. The Balaban J connectivity index is 1.87. The topological polar surface area (TPSA) is 104 Å². The molecule has 3 rings (SSSR count). The molecule has 2 heterocycles. The molecular formula is C16H18N2O5S. The molecule has 2 N–H and O–H groups in total. The van der Waals surface area contributed by atoms with Gasteiger partial charge in [0, 0.05) is 13.1 Å². The number of rotatable bonds is 6. The highest BCUT2D eigenvalue weighted by Crippen LogP contribution is 2.33. The smallest absolute Gasteiger partial charge is 0.317 e. The van der Waals surface area contributed by atoms with Gasteiger partial charge >= 0.3 is 11.9 Å². The summed E-state index contributed by atoms with van der Waals surface area (Å²) in [5, 5.41) is 17.0. The Morgan fingerprint density at radius 2 is 2.00 bits per heavy atom. The number of benzene rings is 1. The van der Waals surface area contributed by atoms with Crippen molar-refractivity contribution in [3.63, 3.8) is 0 Å². The minimum atomic E-state index is -1.19. The van der Waals surface area contributed by atoms with E-state index >= 15 is 0 Å². The van der Waals surface area contributed by atoms with E-state index in [0.29, 0.717) is 11.1 Å². The van der Waals surface area contributed by atoms with Crippen molar-refractivity contribution in [2.45, 2.75) is 36.2 Å². The zero-order valence-corrected chi connectivity index (χ0v) is 13.8. The maximum atomic E-state index is 11.2. The summed E-state index contributed by atoms with van der Waals surface area (Å²) in [5.41, 5.74) is 2.26. The van der Waals surface area contributed by atoms with Crippen LogP contribution in [0.1, 0.15) is 25.7 Å². The lowest BCUT2D eigenvalue weighted by molar-refractivity contribution is -0.142. The normalized spacial score (nSPS) is 16.2. The third-order valence-electron chi connectivity index (χ3n) is 3.95. The van der Waals surface area contributed by atoms with Crippen molar-refractivity contribution in [1.82, 2.24) is 4.98 Å². The lowest BCUT2D eigenvalue weighted by Crippen LogP contribution is -2.29. The zero-order valence-electron chi connectivity index (χ0n) is 13.0. The summed E-state index contributed by atoms with van der Waals surface area (Å²) in [4.78, 5) is 28.7. The van der Waals surface area contributed by atoms with Crippen molar-refractivity contribution in [2.75, 3.05) is 18.0 Å². The van der Waals surface area contributed by atoms with E-state index in [1.807, 2.05) is 12.1 Å². The lowest BCUT2D eigenvalue weighted by atomic mass is 10.1. The zero-order chi connectivity index (χ0) is 17.1. The van der Waals surface area contributed by atoms with Crippen LogP contribution in [-0.4, -0.2) is 45.5 Å². The van der Waals surface area contributed by atoms with Crippen LogP contribution in [-0.2, 0) is 9.59 Å². The Morgan fingerprint density at radius 3 is 2.67 bits per heavy atom. The molecule has 24 heavy (non-hydrogen) atoms. The predicted molar refractivity (Wildman–Crippen MR) is 89.6 cm³/mol. The van der Waals surface area contributed by atoms with Crippen LogP contribution in [0.25, 0.3) is 11.1 Å². The Kier molecular flexibility index (Phi) is 4.94. The number of piperidine rings is 1. The largest absolute Gasteiger partial charge is 0.481 e. The molecule has 0 spiro atoms. The van der Waals surface area contributed by atoms with E-state index in [1.165, 1.54) is 6.42 Å². The van der Waals surface area contributed by atoms with Crippen LogP contribution in [0, 0.1) is 0 Å². The first-order valence-corrected chi connectivity index (χ1v) is 8.68. The van der Waals surface area contributed by atoms with Crippen molar-refractivity contribution in [3.8, 4) is 0 Å². The standard InChI is InChI=1S/C16H18N2O5S/c19-13(20)9-12(15(21)22)24-16-17-14-10(5-4-6-11(14)23-16)18-7-2-1-3-8-18/h4-6,12H,1-3,7-9H2,(H,19,20)(H,21,22). The van der Waals surface area contributed by atoms with Gasteiger partial charge in [-0.2, -0.15) is 0 Å². The quantitative estimate of drug-likeness (QED) is 0.767. The fraction of sp³-hybridized carbons (Fsp3) is 0.438. The highest BCUT2D eigenvalue weighted by molar-refractivity contribution is 8.00. The van der Waals surface area contributed by atoms with Gasteiger partial charge in [-0.3, -0.25) is 9.59 Å². The summed E-state index contributed by atoms with van der Waals surface area (Å²) in [6, 6.07) is 5.65. The van der Waals surface area contributed by atoms with E-state index in [-0.39, 0.29) is 5.22 Å². The third-order valence-corrected chi connectivity index (χ3v) is 4.98. The molecule has 7 nitrogen and oxygen atoms in total. The Bertz CT molecular complexity index is 754. The SMILES string of the molecule is O=C(O)CC(Sc1nc2c(N3CCCCC3)cccc2o1)C(=O)O. The van der Waals surface area contributed by atoms with E-state index in [9.17, 15) is 9.59 Å². The second-order valence-corrected chi connectivity index (χ2v) is 6.85. The number of carboxylic acid groups (broad SMARTS) is 2. The van der Waals surface area contributed by atoms with E-state index in [2.05, 4.69) is 9.88 Å². The number of oxazole rings is 1. The number of aromatic nitrogens is 1. The molecule has 1 unspecified atom stereocenters. The number of para-hydroxylation sites is 1. The van der Waals surface area contributed by atoms with Crippen LogP contribution in [0.15, 0.2) is 27.8 Å². The first-order valence-electron chi connectivity index (χ1n) is 7.80. The number of nitrogens with zero attached hydrogens (tertiary/aromatic N) is 2. The molecule has 1 aromatic carbocycles. The average molecular weight is 350 g/mol. The highest BCUT2D eigenvalue weighted by atomic mass is 32.2. The van der Waals surface area contributed by atoms with Gasteiger partial charge in [0.2, 0.25) is 0 Å². The van der Waals surface area contributed by atoms with Gasteiger partial charge in [0.15, 0.2) is 5.58 Å². The Morgan fingerprint density at radius 1 is 1.25 bits per heavy atom. The fourth-order valence-electron chi connectivity index (χ4n) is 2.81. The molecule has 0 radical (unpaired) electrons. The average Bonchev–Trinajstić information content (AvgIpc) is 2.97. The molecule has 8 heteroatoms. The molecule has 2 aromatic rings. The Hall–Kier alpha value is -2.22. The first-order chi connectivity index (χ1) is 11.5. The second-order valence-electron chi connectivity index (χ2n) is 5.69. The molecule has 1 aliphatic rings. The maximum Gasteiger partial charge on any atom is 0.317 e. The fourth-order valence-corrected chi connectivity index (χ4v) is 3.67. The highest BCUT2D eigenvalue weighted by Gasteiger charge is 2.26. The molecule has 1 fully saturated rings. The molecule has 0 aliphatic carbocycles. The van der Waals surface area contributed by atoms with Crippen molar-refractivity contribution in [2.24, 2.45) is 0 Å². The van der Waals surface area contributed by atoms with Crippen molar-refractivity contribution in [3.05, 3.63) is 18.2 Å². The van der Waals surface area contributed by atoms with Crippen LogP contribution in [0.2, 0.25) is 0 Å². The van der Waals surface area contributed by atoms with Crippen LogP contribution in [0.4, 0.5) is 5.69 Å². The second kappa shape index (κ2) is 7.12. The summed E-state index contributed by atoms with van der Waals surface area (Å²) in [6.45, 7) is 1.93. The Labute approximate surface area is 142 Å². The number of hydrogen-bond acceptors (Lipinski definition) is 6. The first kappa shape index (κ1) is 16.6. The number of thioether (sulfide) groups is 1. The number of carboxylic acids is 2. The van der Waals surface area contributed by atoms with Crippen LogP contribution in [0.3, 0.4) is 0 Å². The van der Waals surface area contributed by atoms with Crippen molar-refractivity contribution in [1.29, 1.82) is 0 Å². The van der Waals surface area contributed by atoms with Crippen LogP contribution < -0.4 is 4.90 Å². The van der Waals surface area contributed by atoms with Crippen LogP contribution in [0.5, 0.6) is 0 Å². The molecule has 1 aromatic heterocycles. The molecule has 0 saturated carbocycles. The van der Waals surface area contributed by atoms with Crippen molar-refractivity contribution >= 4 is 40.5 Å². The van der Waals surface area contributed by atoms with E-state index in [0.717, 1.165) is 43.4 Å². The number of fused-ring (bicyclic) bond motifs is 1. The minimum Gasteiger partial charge on any atom is -0.481 e. The molecule has 0 bridgehead atoms. The van der Waals surface area contributed by atoms with Gasteiger partial charge in [-0.15, -0.1) is 0 Å². The summed E-state index contributed by atoms with van der Waals surface area (Å²) >= 11 is 0.830. The van der Waals surface area contributed by atoms with Gasteiger partial charge in [-0.1, -0.05) is 17.8 Å². The number of hydrogen-bond donors (Lipinski definition) is 2. The monoisotopic (exact) mass is 350 g/mol.